The Bertz CT molecular complexity index is 315. The molecule has 1 aromatic rings. The number of hydrogen-bond acceptors (Lipinski definition) is 2. The first kappa shape index (κ1) is 10.9. The van der Waals surface area contributed by atoms with Crippen LogP contribution in [0.4, 0.5) is 14.5 Å². The Labute approximate surface area is 81.6 Å². The summed E-state index contributed by atoms with van der Waals surface area (Å²) < 4.78 is 26.4. The number of halogens is 2. The monoisotopic (exact) mass is 201 g/mol. The molecule has 0 aliphatic carbocycles. The third-order valence-electron chi connectivity index (χ3n) is 1.92. The molecule has 0 radical (unpaired) electrons. The predicted molar refractivity (Wildman–Crippen MR) is 51.3 cm³/mol. The zero-order valence-electron chi connectivity index (χ0n) is 7.98. The van der Waals surface area contributed by atoms with Crippen LogP contribution in [-0.2, 0) is 0 Å². The largest absolute Gasteiger partial charge is 0.396 e. The average Bonchev–Trinajstić information content (AvgIpc) is 2.18. The van der Waals surface area contributed by atoms with E-state index in [1.54, 1.807) is 6.92 Å². The first-order valence-electron chi connectivity index (χ1n) is 4.46. The number of rotatable bonds is 4. The summed E-state index contributed by atoms with van der Waals surface area (Å²) in [6, 6.07) is 2.61. The van der Waals surface area contributed by atoms with Gasteiger partial charge >= 0.3 is 0 Å². The van der Waals surface area contributed by atoms with E-state index < -0.39 is 11.6 Å². The van der Waals surface area contributed by atoms with Gasteiger partial charge in [0.1, 0.15) is 11.5 Å². The highest BCUT2D eigenvalue weighted by molar-refractivity contribution is 5.48. The van der Waals surface area contributed by atoms with Gasteiger partial charge in [0.05, 0.1) is 0 Å². The Morgan fingerprint density at radius 2 is 2.07 bits per heavy atom. The van der Waals surface area contributed by atoms with Gasteiger partial charge in [0.15, 0.2) is 5.82 Å². The van der Waals surface area contributed by atoms with Gasteiger partial charge in [-0.25, -0.2) is 8.78 Å². The molecule has 0 fully saturated rings. The highest BCUT2D eigenvalue weighted by Gasteiger charge is 2.09. The molecule has 0 saturated heterocycles. The third kappa shape index (κ3) is 2.42. The molecule has 0 aromatic heterocycles. The lowest BCUT2D eigenvalue weighted by Gasteiger charge is -2.09. The molecule has 1 rings (SSSR count). The summed E-state index contributed by atoms with van der Waals surface area (Å²) in [5.41, 5.74) is 0.288. The number of aryl methyl sites for hydroxylation is 1. The van der Waals surface area contributed by atoms with E-state index in [1.165, 1.54) is 12.1 Å². The van der Waals surface area contributed by atoms with Crippen molar-refractivity contribution in [2.75, 3.05) is 18.5 Å². The van der Waals surface area contributed by atoms with Crippen molar-refractivity contribution < 1.29 is 13.9 Å². The number of nitrogens with one attached hydrogen (secondary N) is 1. The van der Waals surface area contributed by atoms with Crippen molar-refractivity contribution in [1.82, 2.24) is 0 Å². The van der Waals surface area contributed by atoms with E-state index in [-0.39, 0.29) is 12.3 Å². The normalized spacial score (nSPS) is 10.3. The summed E-state index contributed by atoms with van der Waals surface area (Å²) in [6.07, 6.45) is 0.465. The first-order chi connectivity index (χ1) is 6.66. The average molecular weight is 201 g/mol. The molecule has 0 heterocycles. The fraction of sp³-hybridized carbons (Fsp3) is 0.400. The van der Waals surface area contributed by atoms with E-state index in [2.05, 4.69) is 5.32 Å². The van der Waals surface area contributed by atoms with Crippen molar-refractivity contribution in [3.8, 4) is 0 Å². The topological polar surface area (TPSA) is 32.3 Å². The maximum absolute atomic E-state index is 13.3. The molecule has 0 bridgehead atoms. The molecule has 0 spiro atoms. The fourth-order valence-corrected chi connectivity index (χ4v) is 1.11. The van der Waals surface area contributed by atoms with Crippen LogP contribution in [0.25, 0.3) is 0 Å². The smallest absolute Gasteiger partial charge is 0.152 e. The minimum atomic E-state index is -0.606. The summed E-state index contributed by atoms with van der Waals surface area (Å²) in [6.45, 7) is 1.93. The van der Waals surface area contributed by atoms with Gasteiger partial charge in [0.25, 0.3) is 0 Å². The number of benzene rings is 1. The molecule has 0 atom stereocenters. The quantitative estimate of drug-likeness (QED) is 0.731. The fourth-order valence-electron chi connectivity index (χ4n) is 1.11. The van der Waals surface area contributed by atoms with Crippen LogP contribution in [0, 0.1) is 18.6 Å². The van der Waals surface area contributed by atoms with Crippen molar-refractivity contribution in [1.29, 1.82) is 0 Å². The van der Waals surface area contributed by atoms with Crippen molar-refractivity contribution in [2.45, 2.75) is 13.3 Å². The molecular formula is C10H13F2NO. The molecule has 2 nitrogen and oxygen atoms in total. The highest BCUT2D eigenvalue weighted by atomic mass is 19.1. The Morgan fingerprint density at radius 1 is 1.36 bits per heavy atom. The van der Waals surface area contributed by atoms with Crippen LogP contribution in [0.15, 0.2) is 12.1 Å². The molecule has 78 valence electrons. The lowest BCUT2D eigenvalue weighted by molar-refractivity contribution is 0.292. The van der Waals surface area contributed by atoms with Gasteiger partial charge in [0.2, 0.25) is 0 Å². The van der Waals surface area contributed by atoms with Crippen LogP contribution in [0.3, 0.4) is 0 Å². The second kappa shape index (κ2) is 4.91. The minimum Gasteiger partial charge on any atom is -0.396 e. The SMILES string of the molecule is Cc1ccc(F)c(NCCCO)c1F. The number of anilines is 1. The van der Waals surface area contributed by atoms with Gasteiger partial charge in [-0.2, -0.15) is 0 Å². The number of aliphatic hydroxyl groups excluding tert-OH is 1. The minimum absolute atomic E-state index is 0.00204. The van der Waals surface area contributed by atoms with Crippen molar-refractivity contribution in [3.63, 3.8) is 0 Å². The maximum atomic E-state index is 13.3. The Morgan fingerprint density at radius 3 is 2.71 bits per heavy atom. The summed E-state index contributed by atoms with van der Waals surface area (Å²) in [5.74, 6) is -1.17. The molecule has 0 aliphatic rings. The highest BCUT2D eigenvalue weighted by Crippen LogP contribution is 2.21. The maximum Gasteiger partial charge on any atom is 0.152 e. The van der Waals surface area contributed by atoms with Crippen LogP contribution in [0.5, 0.6) is 0 Å². The standard InChI is InChI=1S/C10H13F2NO/c1-7-3-4-8(11)10(9(7)12)13-5-2-6-14/h3-4,13-14H,2,5-6H2,1H3. The number of hydrogen-bond donors (Lipinski definition) is 2. The van der Waals surface area contributed by atoms with Crippen molar-refractivity contribution in [2.24, 2.45) is 0 Å². The number of aliphatic hydroxyl groups is 1. The van der Waals surface area contributed by atoms with Crippen LogP contribution in [0.2, 0.25) is 0 Å². The van der Waals surface area contributed by atoms with E-state index in [0.29, 0.717) is 18.5 Å². The van der Waals surface area contributed by atoms with Gasteiger partial charge in [-0.3, -0.25) is 0 Å². The summed E-state index contributed by atoms with van der Waals surface area (Å²) in [4.78, 5) is 0. The zero-order valence-corrected chi connectivity index (χ0v) is 7.98. The summed E-state index contributed by atoms with van der Waals surface area (Å²) in [5, 5.41) is 11.1. The Kier molecular flexibility index (Phi) is 3.83. The van der Waals surface area contributed by atoms with Crippen LogP contribution in [-0.4, -0.2) is 18.3 Å². The van der Waals surface area contributed by atoms with Gasteiger partial charge in [-0.15, -0.1) is 0 Å². The van der Waals surface area contributed by atoms with E-state index in [1.807, 2.05) is 0 Å². The second-order valence-corrected chi connectivity index (χ2v) is 3.06. The zero-order chi connectivity index (χ0) is 10.6. The van der Waals surface area contributed by atoms with Gasteiger partial charge < -0.3 is 10.4 Å². The summed E-state index contributed by atoms with van der Waals surface area (Å²) in [7, 11) is 0. The second-order valence-electron chi connectivity index (χ2n) is 3.06. The van der Waals surface area contributed by atoms with Crippen molar-refractivity contribution in [3.05, 3.63) is 29.3 Å². The molecule has 1 aromatic carbocycles. The molecule has 0 unspecified atom stereocenters. The van der Waals surface area contributed by atoms with Gasteiger partial charge in [-0.1, -0.05) is 6.07 Å². The molecular weight excluding hydrogens is 188 g/mol. The Hall–Kier alpha value is -1.16. The molecule has 0 amide bonds. The van der Waals surface area contributed by atoms with Crippen LogP contribution < -0.4 is 5.32 Å². The first-order valence-corrected chi connectivity index (χ1v) is 4.46. The van der Waals surface area contributed by atoms with Crippen molar-refractivity contribution >= 4 is 5.69 Å². The molecule has 2 N–H and O–H groups in total. The molecule has 14 heavy (non-hydrogen) atoms. The van der Waals surface area contributed by atoms with E-state index in [9.17, 15) is 8.78 Å². The van der Waals surface area contributed by atoms with E-state index in [0.717, 1.165) is 0 Å². The molecule has 4 heteroatoms. The third-order valence-corrected chi connectivity index (χ3v) is 1.92. The summed E-state index contributed by atoms with van der Waals surface area (Å²) >= 11 is 0. The molecule has 0 aliphatic heterocycles. The lowest BCUT2D eigenvalue weighted by atomic mass is 10.2. The van der Waals surface area contributed by atoms with Gasteiger partial charge in [-0.05, 0) is 25.0 Å². The van der Waals surface area contributed by atoms with Crippen LogP contribution in [0.1, 0.15) is 12.0 Å². The van der Waals surface area contributed by atoms with Crippen LogP contribution >= 0.6 is 0 Å². The lowest BCUT2D eigenvalue weighted by Crippen LogP contribution is -2.07. The Balaban J connectivity index is 2.79. The van der Waals surface area contributed by atoms with E-state index >= 15 is 0 Å². The predicted octanol–water partition coefficient (Wildman–Crippen LogP) is 2.07. The molecule has 0 saturated carbocycles. The van der Waals surface area contributed by atoms with Gasteiger partial charge in [0, 0.05) is 13.2 Å². The van der Waals surface area contributed by atoms with E-state index in [4.69, 9.17) is 5.11 Å².